The minimum absolute atomic E-state index is 0.104. The summed E-state index contributed by atoms with van der Waals surface area (Å²) in [5, 5.41) is 6.99. The van der Waals surface area contributed by atoms with E-state index in [-0.39, 0.29) is 6.03 Å². The smallest absolute Gasteiger partial charge is 0.326 e. The zero-order valence-electron chi connectivity index (χ0n) is 11.9. The van der Waals surface area contributed by atoms with E-state index >= 15 is 0 Å². The van der Waals surface area contributed by atoms with Gasteiger partial charge in [-0.15, -0.1) is 0 Å². The van der Waals surface area contributed by atoms with Crippen molar-refractivity contribution < 1.29 is 9.32 Å². The lowest BCUT2D eigenvalue weighted by atomic mass is 10.2. The van der Waals surface area contributed by atoms with Crippen LogP contribution in [0.3, 0.4) is 0 Å². The maximum atomic E-state index is 12.6. The van der Waals surface area contributed by atoms with Crippen LogP contribution in [0.5, 0.6) is 0 Å². The number of anilines is 2. The molecule has 5 heteroatoms. The van der Waals surface area contributed by atoms with Gasteiger partial charge in [0.25, 0.3) is 0 Å². The Morgan fingerprint density at radius 2 is 2.19 bits per heavy atom. The molecule has 4 rings (SSSR count). The number of carbonyl (C=O) groups is 1. The first-order valence-corrected chi connectivity index (χ1v) is 7.36. The summed E-state index contributed by atoms with van der Waals surface area (Å²) in [4.78, 5) is 14.4. The summed E-state index contributed by atoms with van der Waals surface area (Å²) in [5.74, 6) is 1.25. The summed E-state index contributed by atoms with van der Waals surface area (Å²) in [6.45, 7) is 2.58. The molecule has 0 bridgehead atoms. The quantitative estimate of drug-likeness (QED) is 0.918. The van der Waals surface area contributed by atoms with Crippen molar-refractivity contribution in [2.45, 2.75) is 32.1 Å². The monoisotopic (exact) mass is 283 g/mol. The highest BCUT2D eigenvalue weighted by Gasteiger charge is 2.33. The fourth-order valence-corrected chi connectivity index (χ4v) is 2.89. The molecule has 21 heavy (non-hydrogen) atoms. The van der Waals surface area contributed by atoms with Crippen molar-refractivity contribution in [1.29, 1.82) is 0 Å². The number of hydrogen-bond acceptors (Lipinski definition) is 3. The number of aromatic nitrogens is 1. The molecule has 1 N–H and O–H groups in total. The SMILES string of the molecule is Cc1noc(C2CC2)c1NC(=O)N1CCc2ccccc21. The second kappa shape index (κ2) is 4.62. The summed E-state index contributed by atoms with van der Waals surface area (Å²) < 4.78 is 5.37. The van der Waals surface area contributed by atoms with Crippen LogP contribution in [0.1, 0.15) is 35.8 Å². The molecule has 1 aromatic heterocycles. The van der Waals surface area contributed by atoms with Gasteiger partial charge < -0.3 is 9.84 Å². The Labute approximate surface area is 122 Å². The highest BCUT2D eigenvalue weighted by molar-refractivity contribution is 6.03. The fraction of sp³-hybridized carbons (Fsp3) is 0.375. The average Bonchev–Trinajstić information content (AvgIpc) is 3.14. The maximum Gasteiger partial charge on any atom is 0.326 e. The molecule has 0 atom stereocenters. The van der Waals surface area contributed by atoms with E-state index < -0.39 is 0 Å². The zero-order chi connectivity index (χ0) is 14.4. The molecule has 1 fully saturated rings. The predicted octanol–water partition coefficient (Wildman–Crippen LogP) is 3.46. The second-order valence-electron chi connectivity index (χ2n) is 5.74. The molecular weight excluding hydrogens is 266 g/mol. The van der Waals surface area contributed by atoms with Gasteiger partial charge >= 0.3 is 6.03 Å². The number of rotatable bonds is 2. The van der Waals surface area contributed by atoms with E-state index in [0.717, 1.165) is 42.1 Å². The fourth-order valence-electron chi connectivity index (χ4n) is 2.89. The molecule has 0 spiro atoms. The largest absolute Gasteiger partial charge is 0.359 e. The van der Waals surface area contributed by atoms with E-state index in [1.807, 2.05) is 25.1 Å². The minimum Gasteiger partial charge on any atom is -0.359 e. The number of nitrogens with zero attached hydrogens (tertiary/aromatic N) is 2. The number of hydrogen-bond donors (Lipinski definition) is 1. The van der Waals surface area contributed by atoms with Crippen molar-refractivity contribution in [1.82, 2.24) is 5.16 Å². The van der Waals surface area contributed by atoms with Gasteiger partial charge in [-0.25, -0.2) is 4.79 Å². The normalized spacial score (nSPS) is 16.9. The molecule has 1 aliphatic carbocycles. The van der Waals surface area contributed by atoms with Crippen LogP contribution in [0.25, 0.3) is 0 Å². The van der Waals surface area contributed by atoms with E-state index in [9.17, 15) is 4.79 Å². The van der Waals surface area contributed by atoms with Crippen LogP contribution in [-0.4, -0.2) is 17.7 Å². The van der Waals surface area contributed by atoms with Gasteiger partial charge in [-0.05, 0) is 37.8 Å². The topological polar surface area (TPSA) is 58.4 Å². The van der Waals surface area contributed by atoms with Crippen LogP contribution in [0.4, 0.5) is 16.2 Å². The number of urea groups is 1. The lowest BCUT2D eigenvalue weighted by Gasteiger charge is -2.18. The molecule has 108 valence electrons. The first kappa shape index (κ1) is 12.4. The third-order valence-electron chi connectivity index (χ3n) is 4.20. The van der Waals surface area contributed by atoms with Crippen LogP contribution in [0, 0.1) is 6.92 Å². The van der Waals surface area contributed by atoms with Crippen molar-refractivity contribution in [3.63, 3.8) is 0 Å². The Balaban J connectivity index is 1.58. The molecule has 0 radical (unpaired) electrons. The van der Waals surface area contributed by atoms with Gasteiger partial charge in [0.15, 0.2) is 5.76 Å². The maximum absolute atomic E-state index is 12.6. The third-order valence-corrected chi connectivity index (χ3v) is 4.20. The molecular formula is C16H17N3O2. The van der Waals surface area contributed by atoms with E-state index in [4.69, 9.17) is 4.52 Å². The van der Waals surface area contributed by atoms with Crippen molar-refractivity contribution in [2.75, 3.05) is 16.8 Å². The highest BCUT2D eigenvalue weighted by atomic mass is 16.5. The van der Waals surface area contributed by atoms with Gasteiger partial charge in [0, 0.05) is 18.2 Å². The molecule has 1 aromatic carbocycles. The number of fused-ring (bicyclic) bond motifs is 1. The van der Waals surface area contributed by atoms with Gasteiger partial charge in [-0.2, -0.15) is 0 Å². The average molecular weight is 283 g/mol. The Hall–Kier alpha value is -2.30. The number of benzene rings is 1. The molecule has 2 aliphatic rings. The summed E-state index contributed by atoms with van der Waals surface area (Å²) >= 11 is 0. The molecule has 1 saturated carbocycles. The van der Waals surface area contributed by atoms with Crippen LogP contribution < -0.4 is 10.2 Å². The van der Waals surface area contributed by atoms with E-state index in [1.54, 1.807) is 4.90 Å². The summed E-state index contributed by atoms with van der Waals surface area (Å²) in [5.41, 5.74) is 3.72. The third kappa shape index (κ3) is 2.09. The standard InChI is InChI=1S/C16H17N3O2/c1-10-14(15(21-18-10)12-6-7-12)17-16(20)19-9-8-11-4-2-3-5-13(11)19/h2-5,12H,6-9H2,1H3,(H,17,20). The van der Waals surface area contributed by atoms with E-state index in [2.05, 4.69) is 16.5 Å². The van der Waals surface area contributed by atoms with Crippen molar-refractivity contribution in [3.8, 4) is 0 Å². The van der Waals surface area contributed by atoms with Crippen molar-refractivity contribution in [3.05, 3.63) is 41.3 Å². The molecule has 2 amide bonds. The van der Waals surface area contributed by atoms with Gasteiger partial charge in [-0.1, -0.05) is 23.4 Å². The van der Waals surface area contributed by atoms with Crippen LogP contribution in [-0.2, 0) is 6.42 Å². The second-order valence-corrected chi connectivity index (χ2v) is 5.74. The summed E-state index contributed by atoms with van der Waals surface area (Å²) in [7, 11) is 0. The Morgan fingerprint density at radius 1 is 1.38 bits per heavy atom. The number of aryl methyl sites for hydroxylation is 1. The lowest BCUT2D eigenvalue weighted by Crippen LogP contribution is -2.33. The van der Waals surface area contributed by atoms with Crippen molar-refractivity contribution >= 4 is 17.4 Å². The highest BCUT2D eigenvalue weighted by Crippen LogP contribution is 2.44. The van der Waals surface area contributed by atoms with Gasteiger partial charge in [0.2, 0.25) is 0 Å². The van der Waals surface area contributed by atoms with E-state index in [1.165, 1.54) is 5.56 Å². The summed E-state index contributed by atoms with van der Waals surface area (Å²) in [6.07, 6.45) is 3.13. The molecule has 0 saturated heterocycles. The van der Waals surface area contributed by atoms with Crippen molar-refractivity contribution in [2.24, 2.45) is 0 Å². The molecule has 0 unspecified atom stereocenters. The van der Waals surface area contributed by atoms with Crippen LogP contribution in [0.2, 0.25) is 0 Å². The number of para-hydroxylation sites is 1. The Kier molecular flexibility index (Phi) is 2.74. The first-order valence-electron chi connectivity index (χ1n) is 7.36. The number of nitrogens with one attached hydrogen (secondary N) is 1. The van der Waals surface area contributed by atoms with Gasteiger partial charge in [-0.3, -0.25) is 4.90 Å². The summed E-state index contributed by atoms with van der Waals surface area (Å²) in [6, 6.07) is 7.93. The molecule has 2 aromatic rings. The first-order chi connectivity index (χ1) is 10.2. The van der Waals surface area contributed by atoms with Crippen LogP contribution >= 0.6 is 0 Å². The number of amides is 2. The number of carbonyl (C=O) groups excluding carboxylic acids is 1. The Bertz CT molecular complexity index is 703. The molecule has 5 nitrogen and oxygen atoms in total. The van der Waals surface area contributed by atoms with Gasteiger partial charge in [0.05, 0.1) is 0 Å². The Morgan fingerprint density at radius 3 is 3.00 bits per heavy atom. The predicted molar refractivity (Wildman–Crippen MR) is 79.7 cm³/mol. The lowest BCUT2D eigenvalue weighted by molar-refractivity contribution is 0.257. The molecule has 1 aliphatic heterocycles. The zero-order valence-corrected chi connectivity index (χ0v) is 11.9. The minimum atomic E-state index is -0.104. The van der Waals surface area contributed by atoms with Crippen LogP contribution in [0.15, 0.2) is 28.8 Å². The van der Waals surface area contributed by atoms with Gasteiger partial charge in [0.1, 0.15) is 11.4 Å². The van der Waals surface area contributed by atoms with E-state index in [0.29, 0.717) is 12.5 Å². The molecule has 2 heterocycles.